The van der Waals surface area contributed by atoms with Gasteiger partial charge >= 0.3 is 12.0 Å². The van der Waals surface area contributed by atoms with E-state index in [1.165, 1.54) is 0 Å². The lowest BCUT2D eigenvalue weighted by molar-refractivity contribution is -0.146. The van der Waals surface area contributed by atoms with E-state index in [1.807, 2.05) is 24.3 Å². The smallest absolute Gasteiger partial charge is 0.334 e. The van der Waals surface area contributed by atoms with Gasteiger partial charge in [-0.05, 0) is 24.1 Å². The summed E-state index contributed by atoms with van der Waals surface area (Å²) in [5.74, 6) is -0.627. The van der Waals surface area contributed by atoms with Crippen LogP contribution in [-0.4, -0.2) is 48.5 Å². The standard InChI is InChI=1S/C13H18N2O5/c1-20-10-4-2-3-9(7-10)5-6-14-13(19)15-8-11(16)12(17)18/h2-4,7,11,16H,5-6,8H2,1H3,(H,17,18)(H2,14,15,19)/t11-/m0/s1. The summed E-state index contributed by atoms with van der Waals surface area (Å²) in [4.78, 5) is 21.7. The number of rotatable bonds is 7. The molecule has 2 amide bonds. The first-order valence-electron chi connectivity index (χ1n) is 6.08. The highest BCUT2D eigenvalue weighted by molar-refractivity contribution is 5.76. The number of carboxylic acids is 1. The second kappa shape index (κ2) is 8.00. The minimum atomic E-state index is -1.60. The largest absolute Gasteiger partial charge is 0.497 e. The molecule has 0 spiro atoms. The minimum Gasteiger partial charge on any atom is -0.497 e. The van der Waals surface area contributed by atoms with Crippen LogP contribution in [0.2, 0.25) is 0 Å². The van der Waals surface area contributed by atoms with Crippen LogP contribution < -0.4 is 15.4 Å². The normalized spacial score (nSPS) is 11.5. The molecule has 1 atom stereocenters. The number of benzene rings is 1. The molecule has 0 aromatic heterocycles. The van der Waals surface area contributed by atoms with Crippen molar-refractivity contribution in [2.45, 2.75) is 12.5 Å². The molecule has 0 aliphatic carbocycles. The Bertz CT molecular complexity index is 464. The average molecular weight is 282 g/mol. The maximum atomic E-state index is 11.3. The fourth-order valence-corrected chi connectivity index (χ4v) is 1.49. The van der Waals surface area contributed by atoms with E-state index in [0.29, 0.717) is 13.0 Å². The summed E-state index contributed by atoms with van der Waals surface area (Å²) >= 11 is 0. The van der Waals surface area contributed by atoms with E-state index in [9.17, 15) is 9.59 Å². The van der Waals surface area contributed by atoms with Crippen molar-refractivity contribution in [2.24, 2.45) is 0 Å². The van der Waals surface area contributed by atoms with E-state index >= 15 is 0 Å². The summed E-state index contributed by atoms with van der Waals surface area (Å²) in [6.07, 6.45) is -0.981. The molecule has 0 heterocycles. The zero-order chi connectivity index (χ0) is 15.0. The number of hydrogen-bond donors (Lipinski definition) is 4. The minimum absolute atomic E-state index is 0.333. The van der Waals surface area contributed by atoms with Crippen LogP contribution in [0.4, 0.5) is 4.79 Å². The fourth-order valence-electron chi connectivity index (χ4n) is 1.49. The number of ether oxygens (including phenoxy) is 1. The van der Waals surface area contributed by atoms with Gasteiger partial charge < -0.3 is 25.6 Å². The Morgan fingerprint density at radius 2 is 2.10 bits per heavy atom. The van der Waals surface area contributed by atoms with Crippen LogP contribution in [0.25, 0.3) is 0 Å². The van der Waals surface area contributed by atoms with Crippen LogP contribution in [0.1, 0.15) is 5.56 Å². The molecule has 1 aromatic carbocycles. The summed E-state index contributed by atoms with van der Waals surface area (Å²) in [6, 6.07) is 6.95. The van der Waals surface area contributed by atoms with Crippen molar-refractivity contribution >= 4 is 12.0 Å². The first-order chi connectivity index (χ1) is 9.52. The van der Waals surface area contributed by atoms with Gasteiger partial charge in [-0.3, -0.25) is 0 Å². The van der Waals surface area contributed by atoms with Crippen LogP contribution in [0.5, 0.6) is 5.75 Å². The van der Waals surface area contributed by atoms with Gasteiger partial charge in [-0.1, -0.05) is 12.1 Å². The molecule has 1 aromatic rings. The summed E-state index contributed by atoms with van der Waals surface area (Å²) < 4.78 is 5.09. The molecule has 20 heavy (non-hydrogen) atoms. The molecular weight excluding hydrogens is 264 g/mol. The van der Waals surface area contributed by atoms with Gasteiger partial charge in [-0.15, -0.1) is 0 Å². The predicted molar refractivity (Wildman–Crippen MR) is 71.7 cm³/mol. The van der Waals surface area contributed by atoms with Gasteiger partial charge in [0.15, 0.2) is 6.10 Å². The number of urea groups is 1. The highest BCUT2D eigenvalue weighted by Gasteiger charge is 2.13. The molecule has 110 valence electrons. The van der Waals surface area contributed by atoms with E-state index in [0.717, 1.165) is 11.3 Å². The van der Waals surface area contributed by atoms with Crippen molar-refractivity contribution in [1.82, 2.24) is 10.6 Å². The van der Waals surface area contributed by atoms with Gasteiger partial charge in [0.1, 0.15) is 5.75 Å². The number of carboxylic acid groups (broad SMARTS) is 1. The first-order valence-corrected chi connectivity index (χ1v) is 6.08. The molecule has 0 fully saturated rings. The Kier molecular flexibility index (Phi) is 6.31. The van der Waals surface area contributed by atoms with Crippen LogP contribution in [-0.2, 0) is 11.2 Å². The van der Waals surface area contributed by atoms with Gasteiger partial charge in [0.05, 0.1) is 13.7 Å². The number of nitrogens with one attached hydrogen (secondary N) is 2. The van der Waals surface area contributed by atoms with Crippen molar-refractivity contribution in [3.8, 4) is 5.75 Å². The highest BCUT2D eigenvalue weighted by atomic mass is 16.5. The fraction of sp³-hybridized carbons (Fsp3) is 0.385. The third-order valence-electron chi connectivity index (χ3n) is 2.57. The molecule has 7 heteroatoms. The lowest BCUT2D eigenvalue weighted by atomic mass is 10.1. The Morgan fingerprint density at radius 3 is 2.75 bits per heavy atom. The Balaban J connectivity index is 2.26. The topological polar surface area (TPSA) is 108 Å². The number of aliphatic carboxylic acids is 1. The van der Waals surface area contributed by atoms with E-state index in [4.69, 9.17) is 14.9 Å². The molecule has 0 aliphatic rings. The molecule has 4 N–H and O–H groups in total. The number of hydrogen-bond acceptors (Lipinski definition) is 4. The SMILES string of the molecule is COc1cccc(CCNC(=O)NC[C@H](O)C(=O)O)c1. The molecule has 0 unspecified atom stereocenters. The zero-order valence-electron chi connectivity index (χ0n) is 11.1. The molecule has 1 rings (SSSR count). The van der Waals surface area contributed by atoms with Crippen LogP contribution in [0.3, 0.4) is 0 Å². The molecule has 0 aliphatic heterocycles. The summed E-state index contributed by atoms with van der Waals surface area (Å²) in [5.41, 5.74) is 1.01. The Labute approximate surface area is 116 Å². The van der Waals surface area contributed by atoms with E-state index in [-0.39, 0.29) is 6.54 Å². The number of amides is 2. The summed E-state index contributed by atoms with van der Waals surface area (Å²) in [6.45, 7) is 0.0580. The molecule has 0 radical (unpaired) electrons. The molecular formula is C13H18N2O5. The Morgan fingerprint density at radius 1 is 1.35 bits per heavy atom. The van der Waals surface area contributed by atoms with E-state index in [2.05, 4.69) is 10.6 Å². The summed E-state index contributed by atoms with van der Waals surface area (Å²) in [5, 5.41) is 22.3. The van der Waals surface area contributed by atoms with Gasteiger partial charge in [0, 0.05) is 6.54 Å². The highest BCUT2D eigenvalue weighted by Crippen LogP contribution is 2.12. The van der Waals surface area contributed by atoms with Gasteiger partial charge in [0.25, 0.3) is 0 Å². The third-order valence-corrected chi connectivity index (χ3v) is 2.57. The zero-order valence-corrected chi connectivity index (χ0v) is 11.1. The Hall–Kier alpha value is -2.28. The van der Waals surface area contributed by atoms with E-state index in [1.54, 1.807) is 7.11 Å². The number of aliphatic hydroxyl groups is 1. The molecule has 0 saturated heterocycles. The monoisotopic (exact) mass is 282 g/mol. The second-order valence-corrected chi connectivity index (χ2v) is 4.09. The summed E-state index contributed by atoms with van der Waals surface area (Å²) in [7, 11) is 1.58. The number of methoxy groups -OCH3 is 1. The maximum Gasteiger partial charge on any atom is 0.334 e. The van der Waals surface area contributed by atoms with Crippen LogP contribution in [0, 0.1) is 0 Å². The lowest BCUT2D eigenvalue weighted by Gasteiger charge is -2.09. The number of carbonyl (C=O) groups excluding carboxylic acids is 1. The molecule has 0 bridgehead atoms. The van der Waals surface area contributed by atoms with E-state index < -0.39 is 18.1 Å². The second-order valence-electron chi connectivity index (χ2n) is 4.09. The first kappa shape index (κ1) is 15.8. The van der Waals surface area contributed by atoms with Crippen LogP contribution in [0.15, 0.2) is 24.3 Å². The maximum absolute atomic E-state index is 11.3. The average Bonchev–Trinajstić information content (AvgIpc) is 2.44. The predicted octanol–water partition coefficient (Wildman–Crippen LogP) is -0.0176. The van der Waals surface area contributed by atoms with Crippen molar-refractivity contribution in [1.29, 1.82) is 0 Å². The number of carbonyl (C=O) groups is 2. The lowest BCUT2D eigenvalue weighted by Crippen LogP contribution is -2.42. The van der Waals surface area contributed by atoms with Gasteiger partial charge in [0.2, 0.25) is 0 Å². The molecule has 7 nitrogen and oxygen atoms in total. The van der Waals surface area contributed by atoms with Crippen LogP contribution >= 0.6 is 0 Å². The number of aliphatic hydroxyl groups excluding tert-OH is 1. The van der Waals surface area contributed by atoms with Gasteiger partial charge in [-0.2, -0.15) is 0 Å². The third kappa shape index (κ3) is 5.57. The van der Waals surface area contributed by atoms with Crippen molar-refractivity contribution in [2.75, 3.05) is 20.2 Å². The van der Waals surface area contributed by atoms with Crippen molar-refractivity contribution < 1.29 is 24.5 Å². The molecule has 0 saturated carbocycles. The van der Waals surface area contributed by atoms with Crippen molar-refractivity contribution in [3.63, 3.8) is 0 Å². The quantitative estimate of drug-likeness (QED) is 0.562. The van der Waals surface area contributed by atoms with Gasteiger partial charge in [-0.25, -0.2) is 9.59 Å². The van der Waals surface area contributed by atoms with Crippen molar-refractivity contribution in [3.05, 3.63) is 29.8 Å².